The summed E-state index contributed by atoms with van der Waals surface area (Å²) in [6.45, 7) is 4.45. The molecule has 0 fully saturated rings. The number of hydrogen-bond donors (Lipinski definition) is 2. The lowest BCUT2D eigenvalue weighted by Gasteiger charge is -2.22. The summed E-state index contributed by atoms with van der Waals surface area (Å²) in [5.74, 6) is 0.392. The van der Waals surface area contributed by atoms with E-state index in [1.165, 1.54) is 0 Å². The molecule has 18 heavy (non-hydrogen) atoms. The molecule has 0 aliphatic carbocycles. The van der Waals surface area contributed by atoms with Crippen LogP contribution in [0.1, 0.15) is 26.0 Å². The molecular formula is C12H19N3O3. The number of rotatable bonds is 6. The average molecular weight is 253 g/mol. The second-order valence-corrected chi connectivity index (χ2v) is 4.41. The lowest BCUT2D eigenvalue weighted by Crippen LogP contribution is -2.25. The summed E-state index contributed by atoms with van der Waals surface area (Å²) in [5.41, 5.74) is 5.59. The van der Waals surface area contributed by atoms with Crippen LogP contribution in [0.25, 0.3) is 0 Å². The normalized spacial score (nSPS) is 12.5. The van der Waals surface area contributed by atoms with Gasteiger partial charge in [-0.15, -0.1) is 0 Å². The van der Waals surface area contributed by atoms with Crippen LogP contribution in [0, 0.1) is 0 Å². The molecule has 3 N–H and O–H groups in total. The van der Waals surface area contributed by atoms with Gasteiger partial charge in [-0.05, 0) is 19.9 Å². The van der Waals surface area contributed by atoms with E-state index in [0.717, 1.165) is 6.42 Å². The van der Waals surface area contributed by atoms with E-state index in [1.807, 2.05) is 13.8 Å². The Morgan fingerprint density at radius 2 is 2.22 bits per heavy atom. The standard InChI is InChI=1S/C12H19N3O3/c1-12(2,17-3)7-8-18-10-6-4-5-9(14-10)11(13)15-16/h4-6,16H,7-8H2,1-3H3,(H2,13,15). The first-order valence-electron chi connectivity index (χ1n) is 5.61. The van der Waals surface area contributed by atoms with Crippen LogP contribution >= 0.6 is 0 Å². The van der Waals surface area contributed by atoms with Crippen molar-refractivity contribution >= 4 is 5.84 Å². The van der Waals surface area contributed by atoms with Crippen molar-refractivity contribution in [1.29, 1.82) is 0 Å². The van der Waals surface area contributed by atoms with E-state index >= 15 is 0 Å². The maximum Gasteiger partial charge on any atom is 0.213 e. The first-order chi connectivity index (χ1) is 8.48. The Bertz CT molecular complexity index is 419. The van der Waals surface area contributed by atoms with Crippen LogP contribution < -0.4 is 10.5 Å². The monoisotopic (exact) mass is 253 g/mol. The Balaban J connectivity index is 2.58. The summed E-state index contributed by atoms with van der Waals surface area (Å²) in [6, 6.07) is 5.09. The molecule has 1 aromatic rings. The molecule has 1 aromatic heterocycles. The Hall–Kier alpha value is -1.82. The summed E-state index contributed by atoms with van der Waals surface area (Å²) < 4.78 is 10.8. The molecule has 0 radical (unpaired) electrons. The van der Waals surface area contributed by atoms with Crippen LogP contribution in [0.15, 0.2) is 23.4 Å². The van der Waals surface area contributed by atoms with Gasteiger partial charge < -0.3 is 20.4 Å². The van der Waals surface area contributed by atoms with Crippen LogP contribution in [0.2, 0.25) is 0 Å². The van der Waals surface area contributed by atoms with Gasteiger partial charge in [-0.1, -0.05) is 11.2 Å². The van der Waals surface area contributed by atoms with Gasteiger partial charge in [-0.25, -0.2) is 4.98 Å². The Morgan fingerprint density at radius 3 is 2.83 bits per heavy atom. The fourth-order valence-electron chi connectivity index (χ4n) is 1.19. The van der Waals surface area contributed by atoms with E-state index in [2.05, 4.69) is 10.1 Å². The molecular weight excluding hydrogens is 234 g/mol. The molecule has 6 heteroatoms. The largest absolute Gasteiger partial charge is 0.478 e. The van der Waals surface area contributed by atoms with Crippen molar-refractivity contribution in [3.8, 4) is 5.88 Å². The summed E-state index contributed by atoms with van der Waals surface area (Å²) in [7, 11) is 1.66. The molecule has 0 saturated carbocycles. The number of nitrogens with zero attached hydrogens (tertiary/aromatic N) is 2. The van der Waals surface area contributed by atoms with Crippen LogP contribution in [-0.2, 0) is 4.74 Å². The van der Waals surface area contributed by atoms with E-state index in [0.29, 0.717) is 18.2 Å². The summed E-state index contributed by atoms with van der Waals surface area (Å²) in [4.78, 5) is 4.11. The van der Waals surface area contributed by atoms with Gasteiger partial charge in [0.1, 0.15) is 5.69 Å². The number of ether oxygens (including phenoxy) is 2. The van der Waals surface area contributed by atoms with Gasteiger partial charge >= 0.3 is 0 Å². The van der Waals surface area contributed by atoms with Crippen molar-refractivity contribution in [2.24, 2.45) is 10.9 Å². The highest BCUT2D eigenvalue weighted by atomic mass is 16.5. The van der Waals surface area contributed by atoms with Crippen LogP contribution in [0.4, 0.5) is 0 Å². The van der Waals surface area contributed by atoms with Gasteiger partial charge in [0, 0.05) is 19.6 Å². The molecule has 0 aliphatic rings. The molecule has 1 rings (SSSR count). The maximum atomic E-state index is 8.56. The second kappa shape index (κ2) is 6.20. The van der Waals surface area contributed by atoms with Gasteiger partial charge in [-0.3, -0.25) is 0 Å². The molecule has 100 valence electrons. The van der Waals surface area contributed by atoms with Crippen molar-refractivity contribution < 1.29 is 14.7 Å². The zero-order chi connectivity index (χ0) is 13.6. The van der Waals surface area contributed by atoms with Crippen LogP contribution in [0.5, 0.6) is 5.88 Å². The summed E-state index contributed by atoms with van der Waals surface area (Å²) in [6.07, 6.45) is 0.735. The van der Waals surface area contributed by atoms with Gasteiger partial charge in [0.2, 0.25) is 5.88 Å². The van der Waals surface area contributed by atoms with E-state index in [9.17, 15) is 0 Å². The van der Waals surface area contributed by atoms with Crippen LogP contribution in [-0.4, -0.2) is 35.3 Å². The lowest BCUT2D eigenvalue weighted by atomic mass is 10.1. The molecule has 0 bridgehead atoms. The molecule has 0 saturated heterocycles. The molecule has 0 amide bonds. The number of nitrogens with two attached hydrogens (primary N) is 1. The first kappa shape index (κ1) is 14.2. The highest BCUT2D eigenvalue weighted by Crippen LogP contribution is 2.14. The van der Waals surface area contributed by atoms with Crippen molar-refractivity contribution in [3.05, 3.63) is 23.9 Å². The predicted molar refractivity (Wildman–Crippen MR) is 67.9 cm³/mol. The van der Waals surface area contributed by atoms with E-state index in [4.69, 9.17) is 20.4 Å². The third kappa shape index (κ3) is 4.21. The minimum Gasteiger partial charge on any atom is -0.478 e. The molecule has 0 unspecified atom stereocenters. The number of methoxy groups -OCH3 is 1. The van der Waals surface area contributed by atoms with Crippen molar-refractivity contribution in [2.45, 2.75) is 25.9 Å². The molecule has 0 atom stereocenters. The minimum absolute atomic E-state index is 0.0438. The SMILES string of the molecule is COC(C)(C)CCOc1cccc(/C(N)=N/O)n1. The Kier molecular flexibility index (Phi) is 4.91. The highest BCUT2D eigenvalue weighted by molar-refractivity contribution is 5.95. The van der Waals surface area contributed by atoms with Gasteiger partial charge in [0.25, 0.3) is 0 Å². The number of aromatic nitrogens is 1. The third-order valence-corrected chi connectivity index (χ3v) is 2.60. The third-order valence-electron chi connectivity index (χ3n) is 2.60. The van der Waals surface area contributed by atoms with Crippen molar-refractivity contribution in [3.63, 3.8) is 0 Å². The maximum absolute atomic E-state index is 8.56. The fourth-order valence-corrected chi connectivity index (χ4v) is 1.19. The molecule has 1 heterocycles. The zero-order valence-electron chi connectivity index (χ0n) is 10.9. The average Bonchev–Trinajstić information content (AvgIpc) is 2.38. The topological polar surface area (TPSA) is 90.0 Å². The van der Waals surface area contributed by atoms with E-state index < -0.39 is 0 Å². The Labute approximate surface area is 106 Å². The zero-order valence-corrected chi connectivity index (χ0v) is 10.9. The van der Waals surface area contributed by atoms with Crippen molar-refractivity contribution in [1.82, 2.24) is 4.98 Å². The molecule has 0 aromatic carbocycles. The summed E-state index contributed by atoms with van der Waals surface area (Å²) in [5, 5.41) is 11.4. The van der Waals surface area contributed by atoms with Crippen LogP contribution in [0.3, 0.4) is 0 Å². The lowest BCUT2D eigenvalue weighted by molar-refractivity contribution is 0.00508. The van der Waals surface area contributed by atoms with E-state index in [-0.39, 0.29) is 11.4 Å². The number of hydrogen-bond acceptors (Lipinski definition) is 5. The smallest absolute Gasteiger partial charge is 0.213 e. The Morgan fingerprint density at radius 1 is 1.50 bits per heavy atom. The van der Waals surface area contributed by atoms with Crippen molar-refractivity contribution in [2.75, 3.05) is 13.7 Å². The van der Waals surface area contributed by atoms with Gasteiger partial charge in [0.15, 0.2) is 5.84 Å². The quantitative estimate of drug-likeness (QED) is 0.346. The number of pyridine rings is 1. The highest BCUT2D eigenvalue weighted by Gasteiger charge is 2.16. The molecule has 0 aliphatic heterocycles. The predicted octanol–water partition coefficient (Wildman–Crippen LogP) is 1.37. The minimum atomic E-state index is -0.233. The van der Waals surface area contributed by atoms with E-state index in [1.54, 1.807) is 25.3 Å². The fraction of sp³-hybridized carbons (Fsp3) is 0.500. The van der Waals surface area contributed by atoms with Gasteiger partial charge in [-0.2, -0.15) is 0 Å². The first-order valence-corrected chi connectivity index (χ1v) is 5.61. The number of oxime groups is 1. The second-order valence-electron chi connectivity index (χ2n) is 4.41. The molecule has 0 spiro atoms. The number of amidine groups is 1. The summed E-state index contributed by atoms with van der Waals surface area (Å²) >= 11 is 0. The van der Waals surface area contributed by atoms with Gasteiger partial charge in [0.05, 0.1) is 12.2 Å². The molecule has 6 nitrogen and oxygen atoms in total.